The van der Waals surface area contributed by atoms with Crippen LogP contribution in [0.2, 0.25) is 0 Å². The van der Waals surface area contributed by atoms with Crippen molar-refractivity contribution < 1.29 is 0 Å². The zero-order valence-electron chi connectivity index (χ0n) is 15.8. The lowest BCUT2D eigenvalue weighted by Gasteiger charge is -2.25. The molecule has 3 aromatic rings. The minimum atomic E-state index is -0.315. The van der Waals surface area contributed by atoms with Crippen LogP contribution in [0.4, 0.5) is 11.5 Å². The average molecular weight is 371 g/mol. The fourth-order valence-electron chi connectivity index (χ4n) is 3.67. The molecule has 0 aliphatic heterocycles. The molecule has 2 fully saturated rings. The van der Waals surface area contributed by atoms with Crippen LogP contribution in [0.25, 0.3) is 11.0 Å². The molecule has 0 bridgehead atoms. The Labute approximate surface area is 163 Å². The Morgan fingerprint density at radius 2 is 1.86 bits per heavy atom. The maximum absolute atomic E-state index is 12.5. The van der Waals surface area contributed by atoms with Crippen LogP contribution in [0.1, 0.15) is 42.9 Å². The van der Waals surface area contributed by atoms with Gasteiger partial charge in [0, 0.05) is 19.3 Å². The number of hydrogen-bond donors (Lipinski definition) is 0. The molecule has 0 amide bonds. The third-order valence-electron chi connectivity index (χ3n) is 5.70. The average Bonchev–Trinajstić information content (AvgIpc) is 3.63. The molecule has 0 N–H and O–H groups in total. The second-order valence-corrected chi connectivity index (χ2v) is 7.87. The summed E-state index contributed by atoms with van der Waals surface area (Å²) in [5.41, 5.74) is 3.68. The highest BCUT2D eigenvalue weighted by molar-refractivity contribution is 5.88. The van der Waals surface area contributed by atoms with E-state index in [4.69, 9.17) is 0 Å². The minimum Gasteiger partial charge on any atom is -0.324 e. The zero-order valence-corrected chi connectivity index (χ0v) is 15.8. The van der Waals surface area contributed by atoms with Gasteiger partial charge in [-0.25, -0.2) is 9.78 Å². The van der Waals surface area contributed by atoms with Crippen molar-refractivity contribution in [2.75, 3.05) is 11.4 Å². The molecule has 28 heavy (non-hydrogen) atoms. The normalized spacial score (nSPS) is 16.1. The highest BCUT2D eigenvalue weighted by atomic mass is 16.1. The molecule has 2 aliphatic rings. The van der Waals surface area contributed by atoms with Gasteiger partial charge in [0.25, 0.3) is 0 Å². The zero-order chi connectivity index (χ0) is 19.3. The van der Waals surface area contributed by atoms with Gasteiger partial charge in [-0.2, -0.15) is 10.2 Å². The lowest BCUT2D eigenvalue weighted by Crippen LogP contribution is -2.28. The van der Waals surface area contributed by atoms with Crippen LogP contribution >= 0.6 is 0 Å². The van der Waals surface area contributed by atoms with Gasteiger partial charge in [-0.1, -0.05) is 12.1 Å². The Hall–Kier alpha value is -3.20. The van der Waals surface area contributed by atoms with Crippen LogP contribution in [-0.4, -0.2) is 21.1 Å². The quantitative estimate of drug-likeness (QED) is 0.685. The number of hydrogen-bond acceptors (Lipinski definition) is 5. The largest absolute Gasteiger partial charge is 0.349 e. The number of pyridine rings is 1. The molecule has 0 saturated heterocycles. The Morgan fingerprint density at radius 3 is 2.50 bits per heavy atom. The molecule has 2 aliphatic carbocycles. The summed E-state index contributed by atoms with van der Waals surface area (Å²) < 4.78 is 1.48. The first-order valence-corrected chi connectivity index (χ1v) is 9.79. The molecular weight excluding hydrogens is 350 g/mol. The molecule has 2 aromatic heterocycles. The van der Waals surface area contributed by atoms with Gasteiger partial charge in [-0.05, 0) is 67.3 Å². The molecule has 5 rings (SSSR count). The second-order valence-electron chi connectivity index (χ2n) is 7.87. The first kappa shape index (κ1) is 16.9. The van der Waals surface area contributed by atoms with Crippen molar-refractivity contribution in [2.45, 2.75) is 31.6 Å². The van der Waals surface area contributed by atoms with Crippen molar-refractivity contribution in [3.63, 3.8) is 0 Å². The van der Waals surface area contributed by atoms with E-state index in [9.17, 15) is 10.1 Å². The standard InChI is InChI=1S/C22H21N5O/c1-26-19-11-8-17(12-23)24-20(19)21(25-22(26)28)27(13-14-2-3-14)18-9-6-16(7-10-18)15-4-5-15/h6-11,14-15H,2-5,13H2,1H3. The second kappa shape index (κ2) is 6.45. The molecule has 2 heterocycles. The Morgan fingerprint density at radius 1 is 1.11 bits per heavy atom. The van der Waals surface area contributed by atoms with Crippen LogP contribution < -0.4 is 10.6 Å². The molecule has 0 atom stereocenters. The van der Waals surface area contributed by atoms with Crippen molar-refractivity contribution in [1.82, 2.24) is 14.5 Å². The van der Waals surface area contributed by atoms with E-state index >= 15 is 0 Å². The van der Waals surface area contributed by atoms with Crippen LogP contribution in [-0.2, 0) is 7.05 Å². The summed E-state index contributed by atoms with van der Waals surface area (Å²) in [7, 11) is 1.69. The van der Waals surface area contributed by atoms with Gasteiger partial charge >= 0.3 is 5.69 Å². The Bertz CT molecular complexity index is 1150. The minimum absolute atomic E-state index is 0.315. The van der Waals surface area contributed by atoms with Crippen molar-refractivity contribution in [2.24, 2.45) is 13.0 Å². The Balaban J connectivity index is 1.67. The van der Waals surface area contributed by atoms with Gasteiger partial charge in [0.1, 0.15) is 17.3 Å². The molecule has 6 nitrogen and oxygen atoms in total. The summed E-state index contributed by atoms with van der Waals surface area (Å²) in [6, 6.07) is 14.1. The van der Waals surface area contributed by atoms with E-state index in [1.165, 1.54) is 35.8 Å². The van der Waals surface area contributed by atoms with Crippen LogP contribution in [0.5, 0.6) is 0 Å². The highest BCUT2D eigenvalue weighted by Crippen LogP contribution is 2.41. The maximum atomic E-state index is 12.5. The number of nitriles is 1. The number of aromatic nitrogens is 3. The fourth-order valence-corrected chi connectivity index (χ4v) is 3.67. The maximum Gasteiger partial charge on any atom is 0.349 e. The molecule has 0 unspecified atom stereocenters. The Kier molecular flexibility index (Phi) is 3.90. The van der Waals surface area contributed by atoms with Crippen molar-refractivity contribution in [3.8, 4) is 6.07 Å². The number of anilines is 2. The molecule has 1 aromatic carbocycles. The van der Waals surface area contributed by atoms with Gasteiger partial charge in [-0.15, -0.1) is 0 Å². The van der Waals surface area contributed by atoms with Crippen molar-refractivity contribution in [3.05, 3.63) is 58.1 Å². The van der Waals surface area contributed by atoms with E-state index in [0.29, 0.717) is 34.4 Å². The monoisotopic (exact) mass is 371 g/mol. The summed E-state index contributed by atoms with van der Waals surface area (Å²) in [6.45, 7) is 0.802. The van der Waals surface area contributed by atoms with Gasteiger partial charge < -0.3 is 4.90 Å². The molecule has 2 saturated carbocycles. The summed E-state index contributed by atoms with van der Waals surface area (Å²) >= 11 is 0. The van der Waals surface area contributed by atoms with E-state index < -0.39 is 0 Å². The molecule has 0 radical (unpaired) electrons. The van der Waals surface area contributed by atoms with E-state index in [1.54, 1.807) is 19.2 Å². The lowest BCUT2D eigenvalue weighted by atomic mass is 10.1. The smallest absolute Gasteiger partial charge is 0.324 e. The van der Waals surface area contributed by atoms with Crippen LogP contribution in [0.3, 0.4) is 0 Å². The van der Waals surface area contributed by atoms with E-state index in [1.807, 2.05) is 0 Å². The van der Waals surface area contributed by atoms with E-state index in [-0.39, 0.29) is 5.69 Å². The SMILES string of the molecule is Cn1c(=O)nc(N(CC2CC2)c2ccc(C3CC3)cc2)c2nc(C#N)ccc21. The predicted octanol–water partition coefficient (Wildman–Crippen LogP) is 3.63. The summed E-state index contributed by atoms with van der Waals surface area (Å²) in [5, 5.41) is 9.30. The number of aryl methyl sites for hydroxylation is 1. The predicted molar refractivity (Wildman–Crippen MR) is 108 cm³/mol. The third kappa shape index (κ3) is 3.03. The lowest BCUT2D eigenvalue weighted by molar-refractivity contribution is 0.787. The summed E-state index contributed by atoms with van der Waals surface area (Å²) in [4.78, 5) is 23.5. The molecular formula is C22H21N5O. The van der Waals surface area contributed by atoms with E-state index in [0.717, 1.165) is 12.2 Å². The summed E-state index contributed by atoms with van der Waals surface area (Å²) in [6.07, 6.45) is 4.92. The molecule has 140 valence electrons. The van der Waals surface area contributed by atoms with Crippen molar-refractivity contribution in [1.29, 1.82) is 5.26 Å². The fraction of sp³-hybridized carbons (Fsp3) is 0.364. The topological polar surface area (TPSA) is 74.8 Å². The summed E-state index contributed by atoms with van der Waals surface area (Å²) in [5.74, 6) is 1.85. The van der Waals surface area contributed by atoms with Gasteiger partial charge in [0.05, 0.1) is 5.52 Å². The van der Waals surface area contributed by atoms with Gasteiger partial charge in [0.15, 0.2) is 5.82 Å². The number of rotatable bonds is 5. The number of fused-ring (bicyclic) bond motifs is 1. The van der Waals surface area contributed by atoms with Gasteiger partial charge in [-0.3, -0.25) is 4.57 Å². The highest BCUT2D eigenvalue weighted by Gasteiger charge is 2.28. The van der Waals surface area contributed by atoms with Crippen LogP contribution in [0.15, 0.2) is 41.2 Å². The van der Waals surface area contributed by atoms with Crippen LogP contribution in [0, 0.1) is 17.2 Å². The number of nitrogens with zero attached hydrogens (tertiary/aromatic N) is 5. The van der Waals surface area contributed by atoms with Crippen molar-refractivity contribution >= 4 is 22.5 Å². The first-order chi connectivity index (χ1) is 13.6. The third-order valence-corrected chi connectivity index (χ3v) is 5.70. The first-order valence-electron chi connectivity index (χ1n) is 9.79. The molecule has 6 heteroatoms. The van der Waals surface area contributed by atoms with Gasteiger partial charge in [0.2, 0.25) is 0 Å². The number of benzene rings is 1. The molecule has 0 spiro atoms. The van der Waals surface area contributed by atoms with E-state index in [2.05, 4.69) is 45.2 Å².